The third-order valence-electron chi connectivity index (χ3n) is 2.12. The largest absolute Gasteiger partial charge is 0.383 e. The van der Waals surface area contributed by atoms with E-state index in [1.807, 2.05) is 0 Å². The average molecular weight is 242 g/mol. The number of anilines is 1. The number of rotatable bonds is 6. The lowest BCUT2D eigenvalue weighted by Crippen LogP contribution is -2.21. The summed E-state index contributed by atoms with van der Waals surface area (Å²) in [6.45, 7) is 4.64. The number of nitrogens with two attached hydrogens (primary N) is 1. The normalized spacial score (nSPS) is 10.1. The van der Waals surface area contributed by atoms with E-state index < -0.39 is 5.91 Å². The molecule has 1 aromatic rings. The molecular weight excluding hydrogens is 226 g/mol. The Morgan fingerprint density at radius 3 is 2.75 bits per heavy atom. The summed E-state index contributed by atoms with van der Waals surface area (Å²) in [6, 6.07) is 4.98. The quantitative estimate of drug-likeness (QED) is 0.661. The van der Waals surface area contributed by atoms with Crippen molar-refractivity contribution in [3.63, 3.8) is 0 Å². The Balaban J connectivity index is 2.57. The summed E-state index contributed by atoms with van der Waals surface area (Å²) in [5.41, 5.74) is 6.37. The van der Waals surface area contributed by atoms with Gasteiger partial charge in [-0.05, 0) is 24.7 Å². The number of hydrogen-bond acceptors (Lipinski definition) is 3. The number of carbonyl (C=O) groups is 1. The van der Waals surface area contributed by atoms with Gasteiger partial charge in [-0.25, -0.2) is 0 Å². The highest BCUT2D eigenvalue weighted by molar-refractivity contribution is 6.33. The molecular formula is C11H16ClN3O. The number of benzene rings is 1. The molecule has 0 saturated carbocycles. The summed E-state index contributed by atoms with van der Waals surface area (Å²) in [6.07, 6.45) is 0. The van der Waals surface area contributed by atoms with E-state index in [-0.39, 0.29) is 0 Å². The molecule has 0 saturated heterocycles. The molecule has 0 heterocycles. The van der Waals surface area contributed by atoms with Crippen molar-refractivity contribution in [2.75, 3.05) is 25.0 Å². The van der Waals surface area contributed by atoms with Gasteiger partial charge in [0.25, 0.3) is 0 Å². The zero-order chi connectivity index (χ0) is 12.0. The van der Waals surface area contributed by atoms with Crippen LogP contribution in [0.3, 0.4) is 0 Å². The molecule has 4 nitrogen and oxygen atoms in total. The maximum Gasteiger partial charge on any atom is 0.248 e. The van der Waals surface area contributed by atoms with Gasteiger partial charge in [-0.15, -0.1) is 0 Å². The van der Waals surface area contributed by atoms with Crippen LogP contribution in [-0.2, 0) is 0 Å². The molecule has 1 amide bonds. The highest BCUT2D eigenvalue weighted by atomic mass is 35.5. The van der Waals surface area contributed by atoms with E-state index in [2.05, 4.69) is 17.6 Å². The number of halogens is 1. The van der Waals surface area contributed by atoms with Crippen LogP contribution in [-0.4, -0.2) is 25.5 Å². The minimum atomic E-state index is -0.471. The zero-order valence-corrected chi connectivity index (χ0v) is 9.97. The second kappa shape index (κ2) is 6.35. The van der Waals surface area contributed by atoms with Crippen LogP contribution in [0.5, 0.6) is 0 Å². The molecule has 0 aromatic heterocycles. The van der Waals surface area contributed by atoms with Gasteiger partial charge in [-0.3, -0.25) is 4.79 Å². The van der Waals surface area contributed by atoms with Gasteiger partial charge in [0.15, 0.2) is 0 Å². The molecule has 4 N–H and O–H groups in total. The topological polar surface area (TPSA) is 67.2 Å². The first-order valence-corrected chi connectivity index (χ1v) is 5.57. The van der Waals surface area contributed by atoms with Crippen LogP contribution >= 0.6 is 11.6 Å². The van der Waals surface area contributed by atoms with Gasteiger partial charge in [0.2, 0.25) is 5.91 Å². The minimum absolute atomic E-state index is 0.419. The molecule has 5 heteroatoms. The highest BCUT2D eigenvalue weighted by Gasteiger charge is 2.04. The molecule has 0 atom stereocenters. The van der Waals surface area contributed by atoms with Crippen molar-refractivity contribution in [2.45, 2.75) is 6.92 Å². The second-order valence-electron chi connectivity index (χ2n) is 3.34. The molecule has 0 radical (unpaired) electrons. The maximum absolute atomic E-state index is 10.9. The lowest BCUT2D eigenvalue weighted by molar-refractivity contribution is 0.100. The van der Waals surface area contributed by atoms with Gasteiger partial charge in [0.1, 0.15) is 0 Å². The number of primary amides is 1. The number of hydrogen-bond donors (Lipinski definition) is 3. The third kappa shape index (κ3) is 3.72. The van der Waals surface area contributed by atoms with E-state index in [1.54, 1.807) is 18.2 Å². The van der Waals surface area contributed by atoms with Crippen LogP contribution < -0.4 is 16.4 Å². The standard InChI is InChI=1S/C11H16ClN3O/c1-2-14-5-6-15-10-4-3-8(11(13)16)7-9(10)12/h3-4,7,14-15H,2,5-6H2,1H3,(H2,13,16). The van der Waals surface area contributed by atoms with Gasteiger partial charge in [0.05, 0.1) is 10.7 Å². The van der Waals surface area contributed by atoms with Gasteiger partial charge in [0, 0.05) is 18.7 Å². The van der Waals surface area contributed by atoms with Gasteiger partial charge < -0.3 is 16.4 Å². The van der Waals surface area contributed by atoms with Crippen molar-refractivity contribution in [1.82, 2.24) is 5.32 Å². The number of carbonyl (C=O) groups excluding carboxylic acids is 1. The molecule has 0 spiro atoms. The maximum atomic E-state index is 10.9. The lowest BCUT2D eigenvalue weighted by atomic mass is 10.2. The first kappa shape index (κ1) is 12.8. The van der Waals surface area contributed by atoms with Crippen LogP contribution in [0.4, 0.5) is 5.69 Å². The Morgan fingerprint density at radius 1 is 1.44 bits per heavy atom. The first-order valence-electron chi connectivity index (χ1n) is 5.19. The van der Waals surface area contributed by atoms with E-state index in [9.17, 15) is 4.79 Å². The fourth-order valence-corrected chi connectivity index (χ4v) is 1.52. The Labute approximate surface area is 100 Å². The fourth-order valence-electron chi connectivity index (χ4n) is 1.27. The van der Waals surface area contributed by atoms with Crippen molar-refractivity contribution in [3.8, 4) is 0 Å². The summed E-state index contributed by atoms with van der Waals surface area (Å²) >= 11 is 6.00. The van der Waals surface area contributed by atoms with Crippen LogP contribution in [0.2, 0.25) is 5.02 Å². The molecule has 0 aliphatic carbocycles. The summed E-state index contributed by atoms with van der Waals surface area (Å²) in [5, 5.41) is 6.86. The van der Waals surface area contributed by atoms with Crippen LogP contribution in [0, 0.1) is 0 Å². The summed E-state index contributed by atoms with van der Waals surface area (Å²) in [4.78, 5) is 10.9. The zero-order valence-electron chi connectivity index (χ0n) is 9.22. The molecule has 0 bridgehead atoms. The van der Waals surface area contributed by atoms with Gasteiger partial charge in [-0.1, -0.05) is 18.5 Å². The molecule has 0 aliphatic heterocycles. The van der Waals surface area contributed by atoms with Gasteiger partial charge in [-0.2, -0.15) is 0 Å². The van der Waals surface area contributed by atoms with Gasteiger partial charge >= 0.3 is 0 Å². The van der Waals surface area contributed by atoms with E-state index in [1.165, 1.54) is 0 Å². The Bertz CT molecular complexity index is 368. The number of nitrogens with one attached hydrogen (secondary N) is 2. The first-order chi connectivity index (χ1) is 7.65. The summed E-state index contributed by atoms with van der Waals surface area (Å²) in [7, 11) is 0. The predicted molar refractivity (Wildman–Crippen MR) is 67.0 cm³/mol. The van der Waals surface area contributed by atoms with Crippen LogP contribution in [0.15, 0.2) is 18.2 Å². The SMILES string of the molecule is CCNCCNc1ccc(C(N)=O)cc1Cl. The van der Waals surface area contributed by atoms with E-state index in [0.29, 0.717) is 10.6 Å². The Hall–Kier alpha value is -1.26. The van der Waals surface area contributed by atoms with E-state index in [4.69, 9.17) is 17.3 Å². The smallest absolute Gasteiger partial charge is 0.248 e. The van der Waals surface area contributed by atoms with Crippen molar-refractivity contribution < 1.29 is 4.79 Å². The fraction of sp³-hybridized carbons (Fsp3) is 0.364. The third-order valence-corrected chi connectivity index (χ3v) is 2.43. The molecule has 1 aromatic carbocycles. The summed E-state index contributed by atoms with van der Waals surface area (Å²) in [5.74, 6) is -0.471. The minimum Gasteiger partial charge on any atom is -0.383 e. The molecule has 16 heavy (non-hydrogen) atoms. The highest BCUT2D eigenvalue weighted by Crippen LogP contribution is 2.22. The summed E-state index contributed by atoms with van der Waals surface area (Å²) < 4.78 is 0. The molecule has 1 rings (SSSR count). The number of likely N-dealkylation sites (N-methyl/N-ethyl adjacent to an activating group) is 1. The van der Waals surface area contributed by atoms with Crippen molar-refractivity contribution in [1.29, 1.82) is 0 Å². The van der Waals surface area contributed by atoms with Crippen molar-refractivity contribution in [3.05, 3.63) is 28.8 Å². The molecule has 88 valence electrons. The Morgan fingerprint density at radius 2 is 2.19 bits per heavy atom. The van der Waals surface area contributed by atoms with E-state index >= 15 is 0 Å². The van der Waals surface area contributed by atoms with Crippen LogP contribution in [0.25, 0.3) is 0 Å². The van der Waals surface area contributed by atoms with Crippen molar-refractivity contribution >= 4 is 23.2 Å². The number of amides is 1. The average Bonchev–Trinajstić information content (AvgIpc) is 2.26. The predicted octanol–water partition coefficient (Wildman–Crippen LogP) is 1.46. The van der Waals surface area contributed by atoms with Crippen LogP contribution in [0.1, 0.15) is 17.3 Å². The molecule has 0 aliphatic rings. The molecule has 0 fully saturated rings. The molecule has 0 unspecified atom stereocenters. The lowest BCUT2D eigenvalue weighted by Gasteiger charge is -2.09. The van der Waals surface area contributed by atoms with E-state index in [0.717, 1.165) is 25.3 Å². The monoisotopic (exact) mass is 241 g/mol. The van der Waals surface area contributed by atoms with Crippen molar-refractivity contribution in [2.24, 2.45) is 5.73 Å². The Kier molecular flexibility index (Phi) is 5.08. The second-order valence-corrected chi connectivity index (χ2v) is 3.75.